The highest BCUT2D eigenvalue weighted by molar-refractivity contribution is 5.86. The lowest BCUT2D eigenvalue weighted by molar-refractivity contribution is -0.123. The first-order chi connectivity index (χ1) is 11.6. The van der Waals surface area contributed by atoms with Crippen LogP contribution in [0.2, 0.25) is 0 Å². The molecule has 0 radical (unpaired) electrons. The summed E-state index contributed by atoms with van der Waals surface area (Å²) in [5.74, 6) is 0.567. The summed E-state index contributed by atoms with van der Waals surface area (Å²) in [6.45, 7) is 4.10. The van der Waals surface area contributed by atoms with E-state index in [9.17, 15) is 9.90 Å². The maximum Gasteiger partial charge on any atom is 0.277 e. The Balaban J connectivity index is 1.86. The number of nitrogens with one attached hydrogen (secondary N) is 1. The summed E-state index contributed by atoms with van der Waals surface area (Å²) in [7, 11) is 0. The van der Waals surface area contributed by atoms with Crippen molar-refractivity contribution in [1.29, 1.82) is 0 Å². The third kappa shape index (κ3) is 5.01. The summed E-state index contributed by atoms with van der Waals surface area (Å²) < 4.78 is 10.6. The maximum absolute atomic E-state index is 11.7. The molecule has 6 heteroatoms. The predicted octanol–water partition coefficient (Wildman–Crippen LogP) is 2.63. The Bertz CT molecular complexity index is 711. The van der Waals surface area contributed by atoms with Crippen molar-refractivity contribution in [3.8, 4) is 17.2 Å². The first-order valence-electron chi connectivity index (χ1n) is 7.56. The van der Waals surface area contributed by atoms with E-state index in [0.29, 0.717) is 23.7 Å². The molecule has 0 heterocycles. The highest BCUT2D eigenvalue weighted by Gasteiger charge is 2.06. The van der Waals surface area contributed by atoms with E-state index in [0.717, 1.165) is 5.56 Å². The number of aryl methyl sites for hydroxylation is 1. The molecule has 0 fully saturated rings. The second-order valence-corrected chi connectivity index (χ2v) is 5.02. The number of aromatic hydroxyl groups is 1. The topological polar surface area (TPSA) is 80.2 Å². The summed E-state index contributed by atoms with van der Waals surface area (Å²) in [5, 5.41) is 13.8. The third-order valence-corrected chi connectivity index (χ3v) is 3.11. The van der Waals surface area contributed by atoms with Crippen LogP contribution in [0.1, 0.15) is 18.1 Å². The lowest BCUT2D eigenvalue weighted by atomic mass is 10.2. The molecule has 2 N–H and O–H groups in total. The summed E-state index contributed by atoms with van der Waals surface area (Å²) in [4.78, 5) is 11.7. The fourth-order valence-electron chi connectivity index (χ4n) is 1.90. The Kier molecular flexibility index (Phi) is 6.19. The number of hydrogen-bond donors (Lipinski definition) is 2. The van der Waals surface area contributed by atoms with Gasteiger partial charge in [-0.25, -0.2) is 5.43 Å². The average Bonchev–Trinajstić information content (AvgIpc) is 2.58. The van der Waals surface area contributed by atoms with E-state index in [4.69, 9.17) is 9.47 Å². The number of amides is 1. The summed E-state index contributed by atoms with van der Waals surface area (Å²) in [6.07, 6.45) is 1.35. The van der Waals surface area contributed by atoms with Crippen molar-refractivity contribution in [3.63, 3.8) is 0 Å². The number of phenolic OH excluding ortho intramolecular Hbond substituents is 1. The van der Waals surface area contributed by atoms with Crippen molar-refractivity contribution < 1.29 is 19.4 Å². The van der Waals surface area contributed by atoms with Crippen LogP contribution in [-0.4, -0.2) is 30.4 Å². The molecule has 24 heavy (non-hydrogen) atoms. The first-order valence-corrected chi connectivity index (χ1v) is 7.56. The maximum atomic E-state index is 11.7. The van der Waals surface area contributed by atoms with Gasteiger partial charge in [0.05, 0.1) is 12.8 Å². The van der Waals surface area contributed by atoms with Crippen molar-refractivity contribution in [3.05, 3.63) is 53.6 Å². The van der Waals surface area contributed by atoms with Crippen LogP contribution in [0.15, 0.2) is 47.6 Å². The van der Waals surface area contributed by atoms with Gasteiger partial charge in [0.25, 0.3) is 5.91 Å². The van der Waals surface area contributed by atoms with Gasteiger partial charge in [0, 0.05) is 5.56 Å². The second-order valence-electron chi connectivity index (χ2n) is 5.02. The molecular weight excluding hydrogens is 308 g/mol. The van der Waals surface area contributed by atoms with Crippen molar-refractivity contribution in [1.82, 2.24) is 5.43 Å². The lowest BCUT2D eigenvalue weighted by Crippen LogP contribution is -2.24. The molecule has 0 aliphatic rings. The Hall–Kier alpha value is -3.02. The Morgan fingerprint density at radius 1 is 1.21 bits per heavy atom. The molecule has 6 nitrogen and oxygen atoms in total. The minimum atomic E-state index is -0.396. The first kappa shape index (κ1) is 17.3. The second kappa shape index (κ2) is 8.57. The minimum Gasteiger partial charge on any atom is -0.504 e. The monoisotopic (exact) mass is 328 g/mol. The van der Waals surface area contributed by atoms with Crippen molar-refractivity contribution >= 4 is 12.1 Å². The van der Waals surface area contributed by atoms with Gasteiger partial charge in [-0.2, -0.15) is 5.10 Å². The van der Waals surface area contributed by atoms with Crippen LogP contribution in [0.5, 0.6) is 17.2 Å². The molecular formula is C18H20N2O4. The van der Waals surface area contributed by atoms with Gasteiger partial charge in [-0.3, -0.25) is 4.79 Å². The smallest absolute Gasteiger partial charge is 0.277 e. The zero-order valence-electron chi connectivity index (χ0n) is 13.7. The Morgan fingerprint density at radius 2 is 1.96 bits per heavy atom. The molecule has 0 aliphatic carbocycles. The van der Waals surface area contributed by atoms with Crippen molar-refractivity contribution in [2.75, 3.05) is 13.2 Å². The van der Waals surface area contributed by atoms with E-state index in [1.165, 1.54) is 6.21 Å². The van der Waals surface area contributed by atoms with Gasteiger partial charge >= 0.3 is 0 Å². The fraction of sp³-hybridized carbons (Fsp3) is 0.222. The molecule has 0 aromatic heterocycles. The highest BCUT2D eigenvalue weighted by Crippen LogP contribution is 2.28. The van der Waals surface area contributed by atoms with Crippen LogP contribution >= 0.6 is 0 Å². The lowest BCUT2D eigenvalue weighted by Gasteiger charge is -2.07. The van der Waals surface area contributed by atoms with Crippen molar-refractivity contribution in [2.24, 2.45) is 5.10 Å². The molecule has 0 bridgehead atoms. The standard InChI is InChI=1S/C18H20N2O4/c1-3-23-16-6-4-5-14(18(16)22)11-19-20-17(21)12-24-15-9-7-13(2)8-10-15/h4-11,22H,3,12H2,1-2H3,(H,20,21). The van der Waals surface area contributed by atoms with Crippen LogP contribution < -0.4 is 14.9 Å². The summed E-state index contributed by atoms with van der Waals surface area (Å²) >= 11 is 0. The van der Waals surface area contributed by atoms with Crippen LogP contribution in [0.3, 0.4) is 0 Å². The average molecular weight is 328 g/mol. The Morgan fingerprint density at radius 3 is 2.67 bits per heavy atom. The molecule has 0 saturated heterocycles. The molecule has 2 rings (SSSR count). The number of para-hydroxylation sites is 1. The van der Waals surface area contributed by atoms with Gasteiger partial charge in [-0.15, -0.1) is 0 Å². The van der Waals surface area contributed by atoms with Gasteiger partial charge in [-0.1, -0.05) is 23.8 Å². The van der Waals surface area contributed by atoms with E-state index >= 15 is 0 Å². The fourth-order valence-corrected chi connectivity index (χ4v) is 1.90. The molecule has 0 unspecified atom stereocenters. The molecule has 2 aromatic rings. The zero-order chi connectivity index (χ0) is 17.4. The number of nitrogens with zero attached hydrogens (tertiary/aromatic N) is 1. The summed E-state index contributed by atoms with van der Waals surface area (Å²) in [5.41, 5.74) is 3.91. The minimum absolute atomic E-state index is 0.0201. The largest absolute Gasteiger partial charge is 0.504 e. The van der Waals surface area contributed by atoms with E-state index in [2.05, 4.69) is 10.5 Å². The van der Waals surface area contributed by atoms with E-state index in [-0.39, 0.29) is 12.4 Å². The number of ether oxygens (including phenoxy) is 2. The van der Waals surface area contributed by atoms with Crippen LogP contribution in [0.4, 0.5) is 0 Å². The highest BCUT2D eigenvalue weighted by atomic mass is 16.5. The quantitative estimate of drug-likeness (QED) is 0.605. The number of hydrazone groups is 1. The summed E-state index contributed by atoms with van der Waals surface area (Å²) in [6, 6.07) is 12.4. The van der Waals surface area contributed by atoms with Crippen LogP contribution in [0.25, 0.3) is 0 Å². The number of rotatable bonds is 7. The molecule has 0 aliphatic heterocycles. The van der Waals surface area contributed by atoms with Gasteiger partial charge in [-0.05, 0) is 38.1 Å². The molecule has 0 spiro atoms. The normalized spacial score (nSPS) is 10.6. The molecule has 2 aromatic carbocycles. The molecule has 126 valence electrons. The molecule has 0 atom stereocenters. The zero-order valence-corrected chi connectivity index (χ0v) is 13.7. The number of carbonyl (C=O) groups excluding carboxylic acids is 1. The number of carbonyl (C=O) groups is 1. The van der Waals surface area contributed by atoms with Crippen molar-refractivity contribution in [2.45, 2.75) is 13.8 Å². The molecule has 0 saturated carbocycles. The third-order valence-electron chi connectivity index (χ3n) is 3.11. The van der Waals surface area contributed by atoms with Gasteiger partial charge in [0.15, 0.2) is 18.1 Å². The Labute approximate surface area is 140 Å². The number of benzene rings is 2. The van der Waals surface area contributed by atoms with Crippen LogP contribution in [0, 0.1) is 6.92 Å². The van der Waals surface area contributed by atoms with E-state index < -0.39 is 5.91 Å². The predicted molar refractivity (Wildman–Crippen MR) is 91.7 cm³/mol. The van der Waals surface area contributed by atoms with Gasteiger partial charge < -0.3 is 14.6 Å². The van der Waals surface area contributed by atoms with E-state index in [1.54, 1.807) is 30.3 Å². The number of phenols is 1. The number of hydrogen-bond acceptors (Lipinski definition) is 5. The van der Waals surface area contributed by atoms with Gasteiger partial charge in [0.2, 0.25) is 0 Å². The van der Waals surface area contributed by atoms with E-state index in [1.807, 2.05) is 26.0 Å². The molecule has 1 amide bonds. The SMILES string of the molecule is CCOc1cccc(C=NNC(=O)COc2ccc(C)cc2)c1O. The van der Waals surface area contributed by atoms with Gasteiger partial charge in [0.1, 0.15) is 5.75 Å². The van der Waals surface area contributed by atoms with Crippen LogP contribution in [-0.2, 0) is 4.79 Å².